The summed E-state index contributed by atoms with van der Waals surface area (Å²) in [6.07, 6.45) is 15.0. The zero-order valence-corrected chi connectivity index (χ0v) is 19.3. The number of likely N-dealkylation sites (N-methyl/N-ethyl adjacent to an activating group) is 1. The molecule has 8 heteroatoms. The molecule has 0 atom stereocenters. The van der Waals surface area contributed by atoms with Gasteiger partial charge in [0, 0.05) is 74.7 Å². The summed E-state index contributed by atoms with van der Waals surface area (Å²) in [7, 11) is 2.23. The molecular weight excluding hydrogens is 412 g/mol. The van der Waals surface area contributed by atoms with E-state index in [9.17, 15) is 0 Å². The highest BCUT2D eigenvalue weighted by Crippen LogP contribution is 2.29. The predicted molar refractivity (Wildman–Crippen MR) is 130 cm³/mol. The van der Waals surface area contributed by atoms with Gasteiger partial charge in [0.1, 0.15) is 5.65 Å². The van der Waals surface area contributed by atoms with Gasteiger partial charge in [-0.2, -0.15) is 0 Å². The molecule has 33 heavy (non-hydrogen) atoms. The normalized spacial score (nSPS) is 22.8. The molecular formula is C25H32N8. The minimum Gasteiger partial charge on any atom is -0.353 e. The van der Waals surface area contributed by atoms with E-state index in [0.717, 1.165) is 34.9 Å². The summed E-state index contributed by atoms with van der Waals surface area (Å²) in [5.41, 5.74) is 4.21. The first-order valence-corrected chi connectivity index (χ1v) is 12.2. The Balaban J connectivity index is 1.07. The van der Waals surface area contributed by atoms with E-state index in [1.165, 1.54) is 51.9 Å². The van der Waals surface area contributed by atoms with Gasteiger partial charge in [0.15, 0.2) is 0 Å². The van der Waals surface area contributed by atoms with Gasteiger partial charge in [-0.25, -0.2) is 14.5 Å². The van der Waals surface area contributed by atoms with Crippen LogP contribution in [0.3, 0.4) is 0 Å². The van der Waals surface area contributed by atoms with Crippen LogP contribution in [0.15, 0.2) is 49.2 Å². The topological polar surface area (TPSA) is 66.0 Å². The number of rotatable bonds is 5. The van der Waals surface area contributed by atoms with E-state index in [0.29, 0.717) is 11.9 Å². The lowest BCUT2D eigenvalue weighted by Gasteiger charge is -2.41. The van der Waals surface area contributed by atoms with Crippen molar-refractivity contribution in [3.63, 3.8) is 0 Å². The third kappa shape index (κ3) is 4.20. The third-order valence-corrected chi connectivity index (χ3v) is 7.54. The van der Waals surface area contributed by atoms with Gasteiger partial charge in [-0.1, -0.05) is 0 Å². The standard InChI is InChI=1S/C25H32N8/c1-30-12-14-31(15-13-30)21-5-2-19(3-6-21)16-27-25-28-17-23-22(8-10-33(23)29-25)20-4-7-24-26-9-11-32(24)18-20/h4,7-11,17-19,21H,2-3,5-6,12-16H2,1H3,(H,27,29). The minimum absolute atomic E-state index is 0.704. The first-order valence-electron chi connectivity index (χ1n) is 12.2. The number of imidazole rings is 1. The van der Waals surface area contributed by atoms with Gasteiger partial charge in [0.05, 0.1) is 11.7 Å². The number of nitrogens with one attached hydrogen (secondary N) is 1. The number of aromatic nitrogens is 5. The number of piperazine rings is 1. The second kappa shape index (κ2) is 8.76. The summed E-state index contributed by atoms with van der Waals surface area (Å²) in [5, 5.41) is 8.22. The molecule has 0 spiro atoms. The molecule has 1 saturated heterocycles. The Bertz CT molecular complexity index is 1230. The largest absolute Gasteiger partial charge is 0.353 e. The van der Waals surface area contributed by atoms with Crippen molar-refractivity contribution in [3.8, 4) is 11.1 Å². The van der Waals surface area contributed by atoms with Crippen molar-refractivity contribution < 1.29 is 0 Å². The molecule has 4 aromatic heterocycles. The molecule has 0 unspecified atom stereocenters. The Labute approximate surface area is 194 Å². The summed E-state index contributed by atoms with van der Waals surface area (Å²) in [6, 6.07) is 7.02. The van der Waals surface area contributed by atoms with E-state index in [4.69, 9.17) is 5.10 Å². The number of hydrogen-bond acceptors (Lipinski definition) is 6. The van der Waals surface area contributed by atoms with Crippen molar-refractivity contribution in [3.05, 3.63) is 49.2 Å². The number of pyridine rings is 1. The molecule has 1 N–H and O–H groups in total. The Morgan fingerprint density at radius 3 is 2.67 bits per heavy atom. The molecule has 1 aliphatic carbocycles. The highest BCUT2D eigenvalue weighted by atomic mass is 15.3. The monoisotopic (exact) mass is 444 g/mol. The molecule has 0 aromatic carbocycles. The molecule has 2 fully saturated rings. The molecule has 1 saturated carbocycles. The van der Waals surface area contributed by atoms with Gasteiger partial charge in [-0.15, -0.1) is 5.10 Å². The Morgan fingerprint density at radius 2 is 1.82 bits per heavy atom. The van der Waals surface area contributed by atoms with Crippen molar-refractivity contribution in [2.45, 2.75) is 31.7 Å². The van der Waals surface area contributed by atoms with Gasteiger partial charge in [0.25, 0.3) is 0 Å². The summed E-state index contributed by atoms with van der Waals surface area (Å²) in [4.78, 5) is 14.1. The summed E-state index contributed by atoms with van der Waals surface area (Å²) in [6.45, 7) is 5.83. The van der Waals surface area contributed by atoms with E-state index in [-0.39, 0.29) is 0 Å². The van der Waals surface area contributed by atoms with Crippen LogP contribution in [0.2, 0.25) is 0 Å². The first-order chi connectivity index (χ1) is 16.2. The molecule has 5 heterocycles. The van der Waals surface area contributed by atoms with Crippen LogP contribution in [0.25, 0.3) is 22.3 Å². The van der Waals surface area contributed by atoms with Gasteiger partial charge < -0.3 is 14.6 Å². The summed E-state index contributed by atoms with van der Waals surface area (Å²) >= 11 is 0. The van der Waals surface area contributed by atoms with E-state index in [1.54, 1.807) is 0 Å². The zero-order chi connectivity index (χ0) is 22.2. The molecule has 0 bridgehead atoms. The molecule has 1 aliphatic heterocycles. The Morgan fingerprint density at radius 1 is 0.970 bits per heavy atom. The Kier molecular flexibility index (Phi) is 5.47. The fraction of sp³-hybridized carbons (Fsp3) is 0.480. The van der Waals surface area contributed by atoms with E-state index < -0.39 is 0 Å². The van der Waals surface area contributed by atoms with Crippen LogP contribution in [-0.4, -0.2) is 79.6 Å². The van der Waals surface area contributed by atoms with Crippen LogP contribution < -0.4 is 5.32 Å². The third-order valence-electron chi connectivity index (χ3n) is 7.54. The van der Waals surface area contributed by atoms with Crippen molar-refractivity contribution in [2.75, 3.05) is 45.1 Å². The highest BCUT2D eigenvalue weighted by molar-refractivity contribution is 5.80. The molecule has 6 rings (SSSR count). The van der Waals surface area contributed by atoms with Crippen molar-refractivity contribution in [1.29, 1.82) is 0 Å². The van der Waals surface area contributed by atoms with E-state index in [2.05, 4.69) is 50.5 Å². The van der Waals surface area contributed by atoms with Crippen LogP contribution >= 0.6 is 0 Å². The first kappa shape index (κ1) is 20.6. The van der Waals surface area contributed by atoms with Crippen LogP contribution in [0.4, 0.5) is 5.95 Å². The maximum Gasteiger partial charge on any atom is 0.241 e. The number of nitrogens with zero attached hydrogens (tertiary/aromatic N) is 7. The molecule has 4 aromatic rings. The molecule has 8 nitrogen and oxygen atoms in total. The maximum absolute atomic E-state index is 4.72. The fourth-order valence-electron chi connectivity index (χ4n) is 5.44. The van der Waals surface area contributed by atoms with Crippen LogP contribution in [0, 0.1) is 5.92 Å². The average Bonchev–Trinajstić information content (AvgIpc) is 3.50. The number of anilines is 1. The molecule has 2 aliphatic rings. The van der Waals surface area contributed by atoms with Crippen molar-refractivity contribution >= 4 is 17.1 Å². The summed E-state index contributed by atoms with van der Waals surface area (Å²) in [5.74, 6) is 1.41. The molecule has 172 valence electrons. The Hall–Kier alpha value is -2.97. The van der Waals surface area contributed by atoms with Crippen LogP contribution in [0.5, 0.6) is 0 Å². The maximum atomic E-state index is 4.72. The lowest BCUT2D eigenvalue weighted by Crippen LogP contribution is -2.50. The van der Waals surface area contributed by atoms with E-state index in [1.807, 2.05) is 39.8 Å². The predicted octanol–water partition coefficient (Wildman–Crippen LogP) is 3.26. The second-order valence-electron chi connectivity index (χ2n) is 9.65. The summed E-state index contributed by atoms with van der Waals surface area (Å²) < 4.78 is 3.96. The van der Waals surface area contributed by atoms with Crippen LogP contribution in [-0.2, 0) is 0 Å². The molecule has 0 radical (unpaired) electrons. The quantitative estimate of drug-likeness (QED) is 0.510. The van der Waals surface area contributed by atoms with E-state index >= 15 is 0 Å². The number of hydrogen-bond donors (Lipinski definition) is 1. The fourth-order valence-corrected chi connectivity index (χ4v) is 5.44. The SMILES string of the molecule is CN1CCN(C2CCC(CNc3ncc4c(-c5ccc6nccn6c5)ccn4n3)CC2)CC1. The van der Waals surface area contributed by atoms with Crippen molar-refractivity contribution in [2.24, 2.45) is 5.92 Å². The van der Waals surface area contributed by atoms with Gasteiger partial charge in [-0.05, 0) is 56.8 Å². The van der Waals surface area contributed by atoms with Crippen LogP contribution in [0.1, 0.15) is 25.7 Å². The minimum atomic E-state index is 0.704. The number of fused-ring (bicyclic) bond motifs is 2. The van der Waals surface area contributed by atoms with Gasteiger partial charge in [0.2, 0.25) is 5.95 Å². The average molecular weight is 445 g/mol. The van der Waals surface area contributed by atoms with Crippen molar-refractivity contribution in [1.82, 2.24) is 33.8 Å². The lowest BCUT2D eigenvalue weighted by atomic mass is 9.85. The highest BCUT2D eigenvalue weighted by Gasteiger charge is 2.27. The lowest BCUT2D eigenvalue weighted by molar-refractivity contribution is 0.0825. The molecule has 0 amide bonds. The zero-order valence-electron chi connectivity index (χ0n) is 19.3. The smallest absolute Gasteiger partial charge is 0.241 e. The van der Waals surface area contributed by atoms with Gasteiger partial charge >= 0.3 is 0 Å². The van der Waals surface area contributed by atoms with Gasteiger partial charge in [-0.3, -0.25) is 4.90 Å². The second-order valence-corrected chi connectivity index (χ2v) is 9.65.